The van der Waals surface area contributed by atoms with Gasteiger partial charge in [0.2, 0.25) is 0 Å². The van der Waals surface area contributed by atoms with E-state index in [-0.39, 0.29) is 5.60 Å². The summed E-state index contributed by atoms with van der Waals surface area (Å²) in [6.07, 6.45) is 3.25. The van der Waals surface area contributed by atoms with Crippen LogP contribution in [0.25, 0.3) is 0 Å². The van der Waals surface area contributed by atoms with Crippen LogP contribution in [0.3, 0.4) is 0 Å². The molecular formula is C11H23NO3. The maximum atomic E-state index is 5.51. The third kappa shape index (κ3) is 4.47. The normalized spacial score (nSPS) is 26.0. The van der Waals surface area contributed by atoms with Gasteiger partial charge in [-0.15, -0.1) is 0 Å². The van der Waals surface area contributed by atoms with Crippen molar-refractivity contribution in [1.82, 2.24) is 5.32 Å². The molecule has 0 spiro atoms. The van der Waals surface area contributed by atoms with Gasteiger partial charge in [-0.1, -0.05) is 0 Å². The molecule has 1 heterocycles. The van der Waals surface area contributed by atoms with E-state index in [9.17, 15) is 0 Å². The van der Waals surface area contributed by atoms with Crippen LogP contribution in [0.1, 0.15) is 19.3 Å². The van der Waals surface area contributed by atoms with E-state index in [0.717, 1.165) is 45.6 Å². The van der Waals surface area contributed by atoms with Crippen LogP contribution in [0.2, 0.25) is 0 Å². The highest BCUT2D eigenvalue weighted by atomic mass is 16.5. The first-order chi connectivity index (χ1) is 7.33. The van der Waals surface area contributed by atoms with Gasteiger partial charge in [0.15, 0.2) is 0 Å². The van der Waals surface area contributed by atoms with Gasteiger partial charge in [0.1, 0.15) is 5.60 Å². The molecule has 0 aliphatic carbocycles. The van der Waals surface area contributed by atoms with E-state index < -0.39 is 0 Å². The highest BCUT2D eigenvalue weighted by Gasteiger charge is 2.34. The molecule has 0 aromatic carbocycles. The summed E-state index contributed by atoms with van der Waals surface area (Å²) >= 11 is 0. The summed E-state index contributed by atoms with van der Waals surface area (Å²) in [4.78, 5) is 0. The standard InChI is InChI=1S/C11H23NO3/c1-13-7-4-3-6-12-9-11(14-2)5-8-15-10-11/h12H,3-10H2,1-2H3. The molecule has 0 radical (unpaired) electrons. The van der Waals surface area contributed by atoms with Crippen LogP contribution in [0, 0.1) is 0 Å². The predicted octanol–water partition coefficient (Wildman–Crippen LogP) is 0.808. The van der Waals surface area contributed by atoms with E-state index >= 15 is 0 Å². The fourth-order valence-electron chi connectivity index (χ4n) is 1.77. The van der Waals surface area contributed by atoms with Gasteiger partial charge in [0.25, 0.3) is 0 Å². The summed E-state index contributed by atoms with van der Waals surface area (Å²) < 4.78 is 15.9. The van der Waals surface area contributed by atoms with Gasteiger partial charge in [-0.3, -0.25) is 0 Å². The Kier molecular flexibility index (Phi) is 6.17. The molecule has 4 nitrogen and oxygen atoms in total. The Balaban J connectivity index is 2.02. The second kappa shape index (κ2) is 7.17. The number of nitrogens with one attached hydrogen (secondary N) is 1. The fourth-order valence-corrected chi connectivity index (χ4v) is 1.77. The first-order valence-electron chi connectivity index (χ1n) is 5.65. The molecule has 0 saturated carbocycles. The second-order valence-electron chi connectivity index (χ2n) is 4.07. The van der Waals surface area contributed by atoms with E-state index in [0.29, 0.717) is 6.61 Å². The van der Waals surface area contributed by atoms with Crippen molar-refractivity contribution in [2.75, 3.05) is 47.1 Å². The predicted molar refractivity (Wildman–Crippen MR) is 59.2 cm³/mol. The maximum Gasteiger partial charge on any atom is 0.106 e. The van der Waals surface area contributed by atoms with E-state index in [2.05, 4.69) is 5.32 Å². The molecule has 1 aliphatic rings. The number of methoxy groups -OCH3 is 2. The van der Waals surface area contributed by atoms with E-state index in [4.69, 9.17) is 14.2 Å². The van der Waals surface area contributed by atoms with Gasteiger partial charge in [0.05, 0.1) is 6.61 Å². The van der Waals surface area contributed by atoms with Crippen molar-refractivity contribution < 1.29 is 14.2 Å². The van der Waals surface area contributed by atoms with Crippen LogP contribution in [0.4, 0.5) is 0 Å². The van der Waals surface area contributed by atoms with Crippen LogP contribution >= 0.6 is 0 Å². The van der Waals surface area contributed by atoms with Crippen LogP contribution in [-0.4, -0.2) is 52.7 Å². The number of hydrogen-bond donors (Lipinski definition) is 1. The first kappa shape index (κ1) is 12.9. The lowest BCUT2D eigenvalue weighted by Crippen LogP contribution is -2.43. The zero-order valence-electron chi connectivity index (χ0n) is 9.88. The number of rotatable bonds is 8. The van der Waals surface area contributed by atoms with Gasteiger partial charge in [-0.05, 0) is 19.4 Å². The Hall–Kier alpha value is -0.160. The molecule has 1 saturated heterocycles. The Bertz CT molecular complexity index is 158. The molecule has 1 unspecified atom stereocenters. The molecule has 1 fully saturated rings. The molecular weight excluding hydrogens is 194 g/mol. The number of hydrogen-bond acceptors (Lipinski definition) is 4. The Morgan fingerprint density at radius 3 is 2.80 bits per heavy atom. The summed E-state index contributed by atoms with van der Waals surface area (Å²) in [7, 11) is 3.50. The van der Waals surface area contributed by atoms with Crippen molar-refractivity contribution >= 4 is 0 Å². The minimum Gasteiger partial charge on any atom is -0.385 e. The van der Waals surface area contributed by atoms with Gasteiger partial charge >= 0.3 is 0 Å². The minimum absolute atomic E-state index is 0.0821. The lowest BCUT2D eigenvalue weighted by Gasteiger charge is -2.25. The molecule has 1 aliphatic heterocycles. The minimum atomic E-state index is -0.0821. The molecule has 0 aromatic heterocycles. The average Bonchev–Trinajstić information content (AvgIpc) is 2.73. The molecule has 0 aromatic rings. The largest absolute Gasteiger partial charge is 0.385 e. The maximum absolute atomic E-state index is 5.51. The molecule has 4 heteroatoms. The smallest absolute Gasteiger partial charge is 0.106 e. The first-order valence-corrected chi connectivity index (χ1v) is 5.65. The molecule has 1 rings (SSSR count). The van der Waals surface area contributed by atoms with Crippen molar-refractivity contribution in [3.8, 4) is 0 Å². The van der Waals surface area contributed by atoms with Gasteiger partial charge in [-0.25, -0.2) is 0 Å². The van der Waals surface area contributed by atoms with E-state index in [1.165, 1.54) is 0 Å². The summed E-state index contributed by atoms with van der Waals surface area (Å²) in [5.41, 5.74) is -0.0821. The zero-order valence-corrected chi connectivity index (χ0v) is 9.88. The molecule has 0 bridgehead atoms. The number of ether oxygens (including phenoxy) is 3. The van der Waals surface area contributed by atoms with Crippen LogP contribution in [-0.2, 0) is 14.2 Å². The second-order valence-corrected chi connectivity index (χ2v) is 4.07. The average molecular weight is 217 g/mol. The van der Waals surface area contributed by atoms with Gasteiger partial charge < -0.3 is 19.5 Å². The Morgan fingerprint density at radius 1 is 1.33 bits per heavy atom. The lowest BCUT2D eigenvalue weighted by atomic mass is 10.0. The highest BCUT2D eigenvalue weighted by Crippen LogP contribution is 2.21. The molecule has 1 N–H and O–H groups in total. The highest BCUT2D eigenvalue weighted by molar-refractivity contribution is 4.86. The topological polar surface area (TPSA) is 39.7 Å². The van der Waals surface area contributed by atoms with Crippen molar-refractivity contribution in [1.29, 1.82) is 0 Å². The molecule has 1 atom stereocenters. The third-order valence-corrected chi connectivity index (χ3v) is 2.90. The van der Waals surface area contributed by atoms with Crippen molar-refractivity contribution in [3.63, 3.8) is 0 Å². The quantitative estimate of drug-likeness (QED) is 0.611. The fraction of sp³-hybridized carbons (Fsp3) is 1.00. The van der Waals surface area contributed by atoms with E-state index in [1.54, 1.807) is 14.2 Å². The van der Waals surface area contributed by atoms with E-state index in [1.807, 2.05) is 0 Å². The van der Waals surface area contributed by atoms with Crippen molar-refractivity contribution in [2.45, 2.75) is 24.9 Å². The summed E-state index contributed by atoms with van der Waals surface area (Å²) in [5.74, 6) is 0. The Morgan fingerprint density at radius 2 is 2.20 bits per heavy atom. The monoisotopic (exact) mass is 217 g/mol. The lowest BCUT2D eigenvalue weighted by molar-refractivity contribution is -0.0156. The van der Waals surface area contributed by atoms with Crippen LogP contribution < -0.4 is 5.32 Å². The molecule has 0 amide bonds. The van der Waals surface area contributed by atoms with Crippen molar-refractivity contribution in [3.05, 3.63) is 0 Å². The van der Waals surface area contributed by atoms with Crippen molar-refractivity contribution in [2.24, 2.45) is 0 Å². The van der Waals surface area contributed by atoms with Gasteiger partial charge in [0, 0.05) is 40.4 Å². The molecule has 15 heavy (non-hydrogen) atoms. The molecule has 90 valence electrons. The van der Waals surface area contributed by atoms with Crippen LogP contribution in [0.15, 0.2) is 0 Å². The zero-order chi connectivity index (χ0) is 11.0. The Labute approximate surface area is 92.3 Å². The number of unbranched alkanes of at least 4 members (excludes halogenated alkanes) is 1. The van der Waals surface area contributed by atoms with Crippen LogP contribution in [0.5, 0.6) is 0 Å². The SMILES string of the molecule is COCCCCNCC1(OC)CCOC1. The summed E-state index contributed by atoms with van der Waals surface area (Å²) in [6, 6.07) is 0. The third-order valence-electron chi connectivity index (χ3n) is 2.90. The summed E-state index contributed by atoms with van der Waals surface area (Å²) in [6.45, 7) is 4.29. The van der Waals surface area contributed by atoms with Gasteiger partial charge in [-0.2, -0.15) is 0 Å². The summed E-state index contributed by atoms with van der Waals surface area (Å²) in [5, 5.41) is 3.42.